The average Bonchev–Trinajstić information content (AvgIpc) is 3.12. The Hall–Kier alpha value is -1.36. The lowest BCUT2D eigenvalue weighted by molar-refractivity contribution is -0.161. The minimum absolute atomic E-state index is 0.0600. The maximum Gasteiger partial charge on any atom is 0.306 e. The van der Waals surface area contributed by atoms with Crippen LogP contribution in [0.5, 0.6) is 0 Å². The Morgan fingerprint density at radius 3 is 1.08 bits per heavy atom. The first-order chi connectivity index (χ1) is 24.6. The number of allylic oxidation sites excluding steroid dienone is 2. The number of aliphatic hydroxyl groups excluding tert-OH is 1. The molecule has 1 N–H and O–H groups in total. The van der Waals surface area contributed by atoms with Crippen LogP contribution in [0.3, 0.4) is 0 Å². The van der Waals surface area contributed by atoms with Gasteiger partial charge in [-0.1, -0.05) is 206 Å². The minimum atomic E-state index is -0.766. The number of carbonyl (C=O) groups is 2. The number of hydrogen-bond acceptors (Lipinski definition) is 5. The second-order valence-electron chi connectivity index (χ2n) is 15.1. The standard InChI is InChI=1S/C45H86O5/c1-3-5-7-9-11-13-15-17-19-21-22-24-26-28-30-32-34-36-38-40-45(48)50-43(41-46)42-49-44(47)39-37-35-33-31-29-27-25-23-20-18-16-14-12-10-8-6-4-2/h17,19,43,46H,3-16,18,20-42H2,1-2H3/b19-17-. The van der Waals surface area contributed by atoms with E-state index >= 15 is 0 Å². The summed E-state index contributed by atoms with van der Waals surface area (Å²) in [6, 6.07) is 0. The molecule has 5 nitrogen and oxygen atoms in total. The first-order valence-corrected chi connectivity index (χ1v) is 22.2. The molecule has 0 heterocycles. The van der Waals surface area contributed by atoms with E-state index in [1.54, 1.807) is 0 Å². The molecule has 0 aromatic heterocycles. The summed E-state index contributed by atoms with van der Waals surface area (Å²) in [6.45, 7) is 4.16. The van der Waals surface area contributed by atoms with Gasteiger partial charge in [0.2, 0.25) is 0 Å². The molecule has 1 unspecified atom stereocenters. The number of aliphatic hydroxyl groups is 1. The summed E-state index contributed by atoms with van der Waals surface area (Å²) >= 11 is 0. The van der Waals surface area contributed by atoms with Crippen molar-refractivity contribution >= 4 is 11.9 Å². The zero-order valence-electron chi connectivity index (χ0n) is 33.7. The van der Waals surface area contributed by atoms with E-state index in [1.807, 2.05) is 0 Å². The highest BCUT2D eigenvalue weighted by molar-refractivity contribution is 5.70. The SMILES string of the molecule is CCCCCCCC/C=C\CCCCCCCCCCCC(=O)OC(CO)COC(=O)CCCCCCCCCCCCCCCCCCC. The molecule has 1 atom stereocenters. The molecule has 0 aliphatic carbocycles. The fraction of sp³-hybridized carbons (Fsp3) is 0.911. The Kier molecular flexibility index (Phi) is 40.9. The highest BCUT2D eigenvalue weighted by Gasteiger charge is 2.16. The number of hydrogen-bond donors (Lipinski definition) is 1. The summed E-state index contributed by atoms with van der Waals surface area (Å²) in [6.07, 6.45) is 48.5. The lowest BCUT2D eigenvalue weighted by Gasteiger charge is -2.15. The largest absolute Gasteiger partial charge is 0.462 e. The highest BCUT2D eigenvalue weighted by Crippen LogP contribution is 2.16. The van der Waals surface area contributed by atoms with Crippen molar-refractivity contribution in [3.05, 3.63) is 12.2 Å². The fourth-order valence-corrected chi connectivity index (χ4v) is 6.67. The second-order valence-corrected chi connectivity index (χ2v) is 15.1. The first kappa shape index (κ1) is 48.6. The summed E-state index contributed by atoms with van der Waals surface area (Å²) in [5, 5.41) is 9.58. The van der Waals surface area contributed by atoms with Gasteiger partial charge in [-0.25, -0.2) is 0 Å². The Balaban J connectivity index is 3.48. The molecule has 0 amide bonds. The molecule has 0 aromatic rings. The summed E-state index contributed by atoms with van der Waals surface area (Å²) in [4.78, 5) is 24.3. The van der Waals surface area contributed by atoms with Gasteiger partial charge in [0.05, 0.1) is 6.61 Å². The van der Waals surface area contributed by atoms with Gasteiger partial charge in [0, 0.05) is 12.8 Å². The summed E-state index contributed by atoms with van der Waals surface area (Å²) in [5.74, 6) is -0.578. The van der Waals surface area contributed by atoms with Crippen LogP contribution >= 0.6 is 0 Å². The quantitative estimate of drug-likeness (QED) is 0.0389. The smallest absolute Gasteiger partial charge is 0.306 e. The molecular weight excluding hydrogens is 620 g/mol. The van der Waals surface area contributed by atoms with E-state index in [2.05, 4.69) is 26.0 Å². The molecule has 0 aliphatic heterocycles. The van der Waals surface area contributed by atoms with Crippen LogP contribution in [0.25, 0.3) is 0 Å². The molecule has 50 heavy (non-hydrogen) atoms. The predicted octanol–water partition coefficient (Wildman–Crippen LogP) is 14.1. The molecule has 0 saturated heterocycles. The Morgan fingerprint density at radius 2 is 0.740 bits per heavy atom. The normalized spacial score (nSPS) is 12.1. The van der Waals surface area contributed by atoms with Crippen LogP contribution in [0.2, 0.25) is 0 Å². The van der Waals surface area contributed by atoms with Gasteiger partial charge in [0.1, 0.15) is 6.61 Å². The third-order valence-corrected chi connectivity index (χ3v) is 10.1. The first-order valence-electron chi connectivity index (χ1n) is 22.2. The third-order valence-electron chi connectivity index (χ3n) is 10.1. The van der Waals surface area contributed by atoms with Crippen LogP contribution < -0.4 is 0 Å². The second kappa shape index (κ2) is 42.1. The number of carbonyl (C=O) groups excluding carboxylic acids is 2. The van der Waals surface area contributed by atoms with Crippen LogP contribution in [0, 0.1) is 0 Å². The van der Waals surface area contributed by atoms with E-state index in [4.69, 9.17) is 9.47 Å². The predicted molar refractivity (Wildman–Crippen MR) is 215 cm³/mol. The van der Waals surface area contributed by atoms with Gasteiger partial charge in [-0.05, 0) is 38.5 Å². The summed E-state index contributed by atoms with van der Waals surface area (Å²) in [7, 11) is 0. The van der Waals surface area contributed by atoms with Gasteiger partial charge in [0.15, 0.2) is 6.10 Å². The van der Waals surface area contributed by atoms with E-state index in [9.17, 15) is 14.7 Å². The maximum absolute atomic E-state index is 12.2. The molecule has 0 fully saturated rings. The van der Waals surface area contributed by atoms with Crippen molar-refractivity contribution in [1.82, 2.24) is 0 Å². The molecule has 0 aromatic carbocycles. The highest BCUT2D eigenvalue weighted by atomic mass is 16.6. The zero-order chi connectivity index (χ0) is 36.4. The van der Waals surface area contributed by atoms with Gasteiger partial charge < -0.3 is 14.6 Å². The number of rotatable bonds is 41. The van der Waals surface area contributed by atoms with Crippen molar-refractivity contribution in [3.8, 4) is 0 Å². The van der Waals surface area contributed by atoms with Crippen molar-refractivity contribution < 1.29 is 24.2 Å². The van der Waals surface area contributed by atoms with E-state index in [0.717, 1.165) is 32.1 Å². The molecule has 5 heteroatoms. The molecule has 0 rings (SSSR count). The maximum atomic E-state index is 12.2. The van der Waals surface area contributed by atoms with Crippen LogP contribution in [0.4, 0.5) is 0 Å². The lowest BCUT2D eigenvalue weighted by Crippen LogP contribution is -2.28. The minimum Gasteiger partial charge on any atom is -0.462 e. The van der Waals surface area contributed by atoms with E-state index in [-0.39, 0.29) is 25.2 Å². The number of esters is 2. The fourth-order valence-electron chi connectivity index (χ4n) is 6.67. The van der Waals surface area contributed by atoms with Crippen molar-refractivity contribution in [3.63, 3.8) is 0 Å². The van der Waals surface area contributed by atoms with Crippen LogP contribution in [0.1, 0.15) is 245 Å². The summed E-state index contributed by atoms with van der Waals surface area (Å²) in [5.41, 5.74) is 0. The van der Waals surface area contributed by atoms with Crippen LogP contribution in [0.15, 0.2) is 12.2 Å². The third kappa shape index (κ3) is 39.4. The molecule has 0 saturated carbocycles. The molecule has 296 valence electrons. The Labute approximate surface area is 311 Å². The Morgan fingerprint density at radius 1 is 0.440 bits per heavy atom. The zero-order valence-corrected chi connectivity index (χ0v) is 33.7. The van der Waals surface area contributed by atoms with Crippen LogP contribution in [-0.2, 0) is 19.1 Å². The number of unbranched alkanes of at least 4 members (excludes halogenated alkanes) is 31. The van der Waals surface area contributed by atoms with E-state index < -0.39 is 6.10 Å². The van der Waals surface area contributed by atoms with Gasteiger partial charge in [-0.3, -0.25) is 9.59 Å². The van der Waals surface area contributed by atoms with Gasteiger partial charge in [-0.2, -0.15) is 0 Å². The van der Waals surface area contributed by atoms with Gasteiger partial charge in [-0.15, -0.1) is 0 Å². The monoisotopic (exact) mass is 707 g/mol. The summed E-state index contributed by atoms with van der Waals surface area (Å²) < 4.78 is 10.6. The van der Waals surface area contributed by atoms with Crippen molar-refractivity contribution in [1.29, 1.82) is 0 Å². The number of ether oxygens (including phenoxy) is 2. The van der Waals surface area contributed by atoms with Crippen molar-refractivity contribution in [2.45, 2.75) is 251 Å². The van der Waals surface area contributed by atoms with Crippen LogP contribution in [-0.4, -0.2) is 36.4 Å². The van der Waals surface area contributed by atoms with Crippen molar-refractivity contribution in [2.24, 2.45) is 0 Å². The van der Waals surface area contributed by atoms with Gasteiger partial charge >= 0.3 is 11.9 Å². The van der Waals surface area contributed by atoms with Gasteiger partial charge in [0.25, 0.3) is 0 Å². The average molecular weight is 707 g/mol. The topological polar surface area (TPSA) is 72.8 Å². The molecule has 0 spiro atoms. The van der Waals surface area contributed by atoms with E-state index in [0.29, 0.717) is 12.8 Å². The van der Waals surface area contributed by atoms with Crippen molar-refractivity contribution in [2.75, 3.05) is 13.2 Å². The molecule has 0 aliphatic rings. The Bertz CT molecular complexity index is 720. The molecule has 0 radical (unpaired) electrons. The van der Waals surface area contributed by atoms with E-state index in [1.165, 1.54) is 186 Å². The molecule has 0 bridgehead atoms. The molecular formula is C45H86O5. The lowest BCUT2D eigenvalue weighted by atomic mass is 10.0.